The van der Waals surface area contributed by atoms with Crippen LogP contribution in [0.25, 0.3) is 17.0 Å². The van der Waals surface area contributed by atoms with Crippen molar-refractivity contribution in [3.63, 3.8) is 0 Å². The molecule has 4 rings (SSSR count). The smallest absolute Gasteiger partial charge is 0.271 e. The molecule has 0 radical (unpaired) electrons. The number of amides is 1. The van der Waals surface area contributed by atoms with Gasteiger partial charge in [-0.15, -0.1) is 0 Å². The molecule has 0 aliphatic rings. The number of nitrogens with zero attached hydrogens (tertiary/aromatic N) is 3. The summed E-state index contributed by atoms with van der Waals surface area (Å²) in [5.74, 6) is 0.0830. The molecular formula is C23H20Cl3N5O. The summed E-state index contributed by atoms with van der Waals surface area (Å²) in [7, 11) is 0. The van der Waals surface area contributed by atoms with Gasteiger partial charge in [0.05, 0.1) is 10.7 Å². The average molecular weight is 489 g/mol. The van der Waals surface area contributed by atoms with E-state index in [1.165, 1.54) is 0 Å². The molecule has 0 fully saturated rings. The van der Waals surface area contributed by atoms with Gasteiger partial charge in [0, 0.05) is 46.2 Å². The molecule has 4 aromatic rings. The lowest BCUT2D eigenvalue weighted by atomic mass is 10.0. The summed E-state index contributed by atoms with van der Waals surface area (Å²) in [6, 6.07) is 12.8. The summed E-state index contributed by atoms with van der Waals surface area (Å²) in [5.41, 5.74) is 10.2. The molecule has 0 aliphatic heterocycles. The third-order valence-electron chi connectivity index (χ3n) is 5.18. The Morgan fingerprint density at radius 3 is 2.59 bits per heavy atom. The van der Waals surface area contributed by atoms with Crippen LogP contribution in [0.1, 0.15) is 27.3 Å². The second-order valence-electron chi connectivity index (χ2n) is 7.25. The van der Waals surface area contributed by atoms with Gasteiger partial charge in [-0.1, -0.05) is 53.0 Å². The number of carbonyl (C=O) groups excluding carboxylic acids is 1. The molecule has 1 amide bonds. The van der Waals surface area contributed by atoms with Crippen LogP contribution in [0, 0.1) is 6.92 Å². The second-order valence-corrected chi connectivity index (χ2v) is 8.50. The molecule has 0 saturated heterocycles. The summed E-state index contributed by atoms with van der Waals surface area (Å²) in [5, 5.41) is 4.56. The first kappa shape index (κ1) is 22.6. The van der Waals surface area contributed by atoms with Crippen LogP contribution in [0.4, 0.5) is 0 Å². The Labute approximate surface area is 200 Å². The van der Waals surface area contributed by atoms with Crippen LogP contribution < -0.4 is 11.1 Å². The second kappa shape index (κ2) is 9.46. The largest absolute Gasteiger partial charge is 0.350 e. The number of halogens is 3. The van der Waals surface area contributed by atoms with Gasteiger partial charge in [0.1, 0.15) is 5.69 Å². The van der Waals surface area contributed by atoms with Crippen molar-refractivity contribution in [3.05, 3.63) is 86.2 Å². The van der Waals surface area contributed by atoms with E-state index in [9.17, 15) is 4.79 Å². The lowest BCUT2D eigenvalue weighted by Gasteiger charge is -2.14. The molecule has 2 aromatic heterocycles. The lowest BCUT2D eigenvalue weighted by Crippen LogP contribution is -2.26. The highest BCUT2D eigenvalue weighted by Crippen LogP contribution is 2.34. The number of imidazole rings is 1. The summed E-state index contributed by atoms with van der Waals surface area (Å²) in [4.78, 5) is 21.7. The molecule has 3 N–H and O–H groups in total. The van der Waals surface area contributed by atoms with Crippen LogP contribution >= 0.6 is 34.8 Å². The lowest BCUT2D eigenvalue weighted by molar-refractivity contribution is 0.0949. The molecule has 2 heterocycles. The highest BCUT2D eigenvalue weighted by molar-refractivity contribution is 6.36. The summed E-state index contributed by atoms with van der Waals surface area (Å²) < 4.78 is 1.74. The standard InChI is InChI=1S/C23H20Cl3N5O/c1-13-17(11-27)21(16-7-6-15(24)10-19(16)26)31-12-20(30-23(31)29-13)22(32)28-9-8-14-4-2-3-5-18(14)25/h2-7,10,12H,8-9,11,27H2,1H3,(H,28,32). The number of aromatic nitrogens is 3. The first-order chi connectivity index (χ1) is 15.4. The molecule has 32 heavy (non-hydrogen) atoms. The van der Waals surface area contributed by atoms with Gasteiger partial charge >= 0.3 is 0 Å². The highest BCUT2D eigenvalue weighted by atomic mass is 35.5. The molecule has 2 aromatic carbocycles. The van der Waals surface area contributed by atoms with Crippen molar-refractivity contribution in [2.75, 3.05) is 6.54 Å². The molecule has 9 heteroatoms. The normalized spacial score (nSPS) is 11.2. The number of rotatable bonds is 6. The van der Waals surface area contributed by atoms with Crippen molar-refractivity contribution >= 4 is 46.5 Å². The van der Waals surface area contributed by atoms with Gasteiger partial charge in [-0.2, -0.15) is 0 Å². The summed E-state index contributed by atoms with van der Waals surface area (Å²) in [6.07, 6.45) is 2.26. The Balaban J connectivity index is 1.67. The van der Waals surface area contributed by atoms with Crippen LogP contribution in [0.3, 0.4) is 0 Å². The van der Waals surface area contributed by atoms with E-state index in [1.807, 2.05) is 37.3 Å². The number of fused-ring (bicyclic) bond motifs is 1. The van der Waals surface area contributed by atoms with E-state index >= 15 is 0 Å². The number of carbonyl (C=O) groups is 1. The van der Waals surface area contributed by atoms with Crippen molar-refractivity contribution in [1.82, 2.24) is 19.7 Å². The van der Waals surface area contributed by atoms with E-state index in [2.05, 4.69) is 15.3 Å². The number of hydrogen-bond acceptors (Lipinski definition) is 4. The fraction of sp³-hybridized carbons (Fsp3) is 0.174. The van der Waals surface area contributed by atoms with E-state index in [1.54, 1.807) is 22.7 Å². The topological polar surface area (TPSA) is 85.3 Å². The maximum absolute atomic E-state index is 12.8. The van der Waals surface area contributed by atoms with E-state index < -0.39 is 0 Å². The zero-order valence-corrected chi connectivity index (χ0v) is 19.5. The van der Waals surface area contributed by atoms with E-state index in [0.29, 0.717) is 33.8 Å². The first-order valence-electron chi connectivity index (χ1n) is 9.94. The van der Waals surface area contributed by atoms with Crippen molar-refractivity contribution < 1.29 is 4.79 Å². The van der Waals surface area contributed by atoms with Crippen molar-refractivity contribution in [2.45, 2.75) is 19.9 Å². The number of nitrogens with one attached hydrogen (secondary N) is 1. The fourth-order valence-corrected chi connectivity index (χ4v) is 4.31. The Morgan fingerprint density at radius 1 is 1.09 bits per heavy atom. The van der Waals surface area contributed by atoms with Gasteiger partial charge in [-0.05, 0) is 43.2 Å². The number of nitrogens with two attached hydrogens (primary N) is 1. The minimum Gasteiger partial charge on any atom is -0.350 e. The number of benzene rings is 2. The van der Waals surface area contributed by atoms with Crippen LogP contribution in [0.15, 0.2) is 48.7 Å². The molecule has 0 bridgehead atoms. The van der Waals surface area contributed by atoms with Gasteiger partial charge in [-0.3, -0.25) is 9.20 Å². The molecule has 0 spiro atoms. The van der Waals surface area contributed by atoms with Gasteiger partial charge in [0.25, 0.3) is 5.91 Å². The molecule has 164 valence electrons. The molecule has 0 atom stereocenters. The van der Waals surface area contributed by atoms with Crippen molar-refractivity contribution in [2.24, 2.45) is 5.73 Å². The minimum atomic E-state index is -0.303. The summed E-state index contributed by atoms with van der Waals surface area (Å²) in [6.45, 7) is 2.53. The van der Waals surface area contributed by atoms with Crippen LogP contribution in [0.2, 0.25) is 15.1 Å². The molecule has 0 unspecified atom stereocenters. The van der Waals surface area contributed by atoms with Crippen molar-refractivity contribution in [3.8, 4) is 11.3 Å². The van der Waals surface area contributed by atoms with Crippen molar-refractivity contribution in [1.29, 1.82) is 0 Å². The molecule has 0 aliphatic carbocycles. The summed E-state index contributed by atoms with van der Waals surface area (Å²) >= 11 is 18.7. The fourth-order valence-electron chi connectivity index (χ4n) is 3.58. The number of aryl methyl sites for hydroxylation is 1. The zero-order chi connectivity index (χ0) is 22.8. The first-order valence-corrected chi connectivity index (χ1v) is 11.1. The zero-order valence-electron chi connectivity index (χ0n) is 17.2. The van der Waals surface area contributed by atoms with E-state index in [0.717, 1.165) is 28.1 Å². The monoisotopic (exact) mass is 487 g/mol. The minimum absolute atomic E-state index is 0.247. The third-order valence-corrected chi connectivity index (χ3v) is 6.10. The van der Waals surface area contributed by atoms with Crippen LogP contribution in [-0.4, -0.2) is 26.8 Å². The Morgan fingerprint density at radius 2 is 1.88 bits per heavy atom. The highest BCUT2D eigenvalue weighted by Gasteiger charge is 2.20. The van der Waals surface area contributed by atoms with Crippen LogP contribution in [-0.2, 0) is 13.0 Å². The maximum Gasteiger partial charge on any atom is 0.271 e. The molecular weight excluding hydrogens is 469 g/mol. The quantitative estimate of drug-likeness (QED) is 0.395. The van der Waals surface area contributed by atoms with Gasteiger partial charge in [0.2, 0.25) is 5.78 Å². The Bertz CT molecular complexity index is 1320. The Hall–Kier alpha value is -2.64. The third kappa shape index (κ3) is 4.45. The van der Waals surface area contributed by atoms with E-state index in [-0.39, 0.29) is 18.1 Å². The van der Waals surface area contributed by atoms with Gasteiger partial charge < -0.3 is 11.1 Å². The van der Waals surface area contributed by atoms with Gasteiger partial charge in [0.15, 0.2) is 0 Å². The molecule has 0 saturated carbocycles. The maximum atomic E-state index is 12.8. The Kier molecular flexibility index (Phi) is 6.67. The predicted molar refractivity (Wildman–Crippen MR) is 129 cm³/mol. The predicted octanol–water partition coefficient (Wildman–Crippen LogP) is 5.10. The molecule has 6 nitrogen and oxygen atoms in total. The SMILES string of the molecule is Cc1nc2nc(C(=O)NCCc3ccccc3Cl)cn2c(-c2ccc(Cl)cc2Cl)c1CN. The van der Waals surface area contributed by atoms with E-state index in [4.69, 9.17) is 40.5 Å². The number of hydrogen-bond donors (Lipinski definition) is 2. The average Bonchev–Trinajstić information content (AvgIpc) is 3.18. The van der Waals surface area contributed by atoms with Gasteiger partial charge in [-0.25, -0.2) is 9.97 Å². The van der Waals surface area contributed by atoms with Crippen LogP contribution in [0.5, 0.6) is 0 Å².